The van der Waals surface area contributed by atoms with Crippen LogP contribution in [0.2, 0.25) is 0 Å². The summed E-state index contributed by atoms with van der Waals surface area (Å²) in [5.41, 5.74) is 1.17. The Kier molecular flexibility index (Phi) is 6.88. The Bertz CT molecular complexity index is 482. The molecule has 5 heteroatoms. The van der Waals surface area contributed by atoms with Crippen LogP contribution in [0.15, 0.2) is 24.3 Å². The van der Waals surface area contributed by atoms with Crippen LogP contribution in [0.5, 0.6) is 0 Å². The molecular weight excluding hydrogens is 268 g/mol. The summed E-state index contributed by atoms with van der Waals surface area (Å²) in [5.74, 6) is -0.259. The van der Waals surface area contributed by atoms with Gasteiger partial charge < -0.3 is 15.0 Å². The first kappa shape index (κ1) is 17.2. The Labute approximate surface area is 126 Å². The van der Waals surface area contributed by atoms with E-state index in [1.165, 1.54) is 0 Å². The van der Waals surface area contributed by atoms with Crippen molar-refractivity contribution in [3.05, 3.63) is 29.8 Å². The van der Waals surface area contributed by atoms with Crippen molar-refractivity contribution in [1.82, 2.24) is 4.90 Å². The molecule has 116 valence electrons. The molecule has 0 atom stereocenters. The number of carbonyl (C=O) groups is 2. The lowest BCUT2D eigenvalue weighted by molar-refractivity contribution is -0.121. The Morgan fingerprint density at radius 1 is 1.24 bits per heavy atom. The Hall–Kier alpha value is -1.88. The summed E-state index contributed by atoms with van der Waals surface area (Å²) in [4.78, 5) is 25.7. The van der Waals surface area contributed by atoms with E-state index in [0.29, 0.717) is 24.3 Å². The van der Waals surface area contributed by atoms with Crippen LogP contribution in [0.25, 0.3) is 0 Å². The molecule has 0 unspecified atom stereocenters. The lowest BCUT2D eigenvalue weighted by Crippen LogP contribution is -2.30. The summed E-state index contributed by atoms with van der Waals surface area (Å²) >= 11 is 0. The second-order valence-electron chi connectivity index (χ2n) is 4.97. The number of anilines is 1. The topological polar surface area (TPSA) is 58.6 Å². The highest BCUT2D eigenvalue weighted by molar-refractivity contribution is 5.97. The number of nitrogens with zero attached hydrogens (tertiary/aromatic N) is 1. The summed E-state index contributed by atoms with van der Waals surface area (Å²) in [5, 5.41) is 2.73. The number of carbonyl (C=O) groups excluding carboxylic acids is 2. The van der Waals surface area contributed by atoms with Crippen molar-refractivity contribution in [1.29, 1.82) is 0 Å². The van der Waals surface area contributed by atoms with Gasteiger partial charge in [-0.25, -0.2) is 0 Å². The minimum absolute atomic E-state index is 0.00584. The van der Waals surface area contributed by atoms with E-state index in [1.54, 1.807) is 29.2 Å². The van der Waals surface area contributed by atoms with E-state index in [4.69, 9.17) is 4.74 Å². The minimum Gasteiger partial charge on any atom is -0.369 e. The number of amides is 2. The van der Waals surface area contributed by atoms with Gasteiger partial charge in [0.05, 0.1) is 6.10 Å². The predicted octanol–water partition coefficient (Wildman–Crippen LogP) is 2.53. The molecule has 0 fully saturated rings. The fourth-order valence-corrected chi connectivity index (χ4v) is 1.86. The number of benzene rings is 1. The lowest BCUT2D eigenvalue weighted by Gasteiger charge is -2.19. The largest absolute Gasteiger partial charge is 0.369 e. The smallest absolute Gasteiger partial charge is 0.253 e. The molecule has 0 aliphatic heterocycles. The predicted molar refractivity (Wildman–Crippen MR) is 83.4 cm³/mol. The molecular formula is C16H24N2O3. The highest BCUT2D eigenvalue weighted by Gasteiger charge is 2.13. The van der Waals surface area contributed by atoms with E-state index < -0.39 is 0 Å². The van der Waals surface area contributed by atoms with E-state index in [9.17, 15) is 9.59 Å². The zero-order valence-corrected chi connectivity index (χ0v) is 13.2. The molecule has 0 aliphatic carbocycles. The van der Waals surface area contributed by atoms with E-state index in [1.807, 2.05) is 27.7 Å². The van der Waals surface area contributed by atoms with E-state index in [-0.39, 0.29) is 24.5 Å². The molecule has 1 N–H and O–H groups in total. The van der Waals surface area contributed by atoms with Gasteiger partial charge in [-0.15, -0.1) is 0 Å². The molecule has 1 rings (SSSR count). The molecule has 0 saturated heterocycles. The summed E-state index contributed by atoms with van der Waals surface area (Å²) in [6.45, 7) is 8.95. The molecule has 21 heavy (non-hydrogen) atoms. The Balaban J connectivity index is 2.72. The molecule has 1 aromatic carbocycles. The maximum absolute atomic E-state index is 12.2. The molecule has 0 radical (unpaired) electrons. The number of ether oxygens (including phenoxy) is 1. The fourth-order valence-electron chi connectivity index (χ4n) is 1.86. The number of hydrogen-bond acceptors (Lipinski definition) is 3. The summed E-state index contributed by atoms with van der Waals surface area (Å²) in [6.07, 6.45) is 0.00586. The molecule has 0 saturated carbocycles. The van der Waals surface area contributed by atoms with Crippen molar-refractivity contribution in [2.45, 2.75) is 33.8 Å². The maximum atomic E-state index is 12.2. The average Bonchev–Trinajstić information content (AvgIpc) is 2.46. The first-order valence-corrected chi connectivity index (χ1v) is 7.28. The van der Waals surface area contributed by atoms with E-state index in [0.717, 1.165) is 0 Å². The second-order valence-corrected chi connectivity index (χ2v) is 4.97. The molecule has 1 aromatic rings. The molecule has 0 heterocycles. The van der Waals surface area contributed by atoms with Crippen LogP contribution in [-0.4, -0.2) is 42.5 Å². The van der Waals surface area contributed by atoms with Crippen LogP contribution >= 0.6 is 0 Å². The van der Waals surface area contributed by atoms with E-state index in [2.05, 4.69) is 5.32 Å². The van der Waals surface area contributed by atoms with Crippen LogP contribution in [0.1, 0.15) is 38.1 Å². The van der Waals surface area contributed by atoms with Crippen LogP contribution in [0.4, 0.5) is 5.69 Å². The van der Waals surface area contributed by atoms with Gasteiger partial charge in [-0.3, -0.25) is 9.59 Å². The quantitative estimate of drug-likeness (QED) is 0.840. The molecule has 5 nitrogen and oxygen atoms in total. The SMILES string of the molecule is CCN(CC)C(=O)c1cccc(NC(=O)COC(C)C)c1. The Morgan fingerprint density at radius 3 is 2.48 bits per heavy atom. The van der Waals surface area contributed by atoms with Gasteiger partial charge in [0, 0.05) is 24.3 Å². The molecule has 0 aliphatic rings. The first-order valence-electron chi connectivity index (χ1n) is 7.28. The first-order chi connectivity index (χ1) is 9.97. The van der Waals surface area contributed by atoms with Crippen molar-refractivity contribution < 1.29 is 14.3 Å². The highest BCUT2D eigenvalue weighted by atomic mass is 16.5. The van der Waals surface area contributed by atoms with Crippen molar-refractivity contribution in [2.75, 3.05) is 25.0 Å². The zero-order valence-electron chi connectivity index (χ0n) is 13.2. The average molecular weight is 292 g/mol. The van der Waals surface area contributed by atoms with Gasteiger partial charge in [0.2, 0.25) is 5.91 Å². The van der Waals surface area contributed by atoms with Crippen molar-refractivity contribution >= 4 is 17.5 Å². The van der Waals surface area contributed by atoms with Crippen LogP contribution in [0, 0.1) is 0 Å². The third kappa shape index (κ3) is 5.55. The van der Waals surface area contributed by atoms with Crippen LogP contribution in [-0.2, 0) is 9.53 Å². The third-order valence-electron chi connectivity index (χ3n) is 2.99. The number of hydrogen-bond donors (Lipinski definition) is 1. The summed E-state index contributed by atoms with van der Waals surface area (Å²) in [7, 11) is 0. The Morgan fingerprint density at radius 2 is 1.90 bits per heavy atom. The monoisotopic (exact) mass is 292 g/mol. The van der Waals surface area contributed by atoms with Gasteiger partial charge in [-0.2, -0.15) is 0 Å². The maximum Gasteiger partial charge on any atom is 0.253 e. The van der Waals surface area contributed by atoms with Gasteiger partial charge in [0.15, 0.2) is 0 Å². The normalized spacial score (nSPS) is 10.5. The van der Waals surface area contributed by atoms with E-state index >= 15 is 0 Å². The van der Waals surface area contributed by atoms with Crippen LogP contribution in [0.3, 0.4) is 0 Å². The molecule has 0 aromatic heterocycles. The molecule has 2 amide bonds. The minimum atomic E-state index is -0.226. The number of rotatable bonds is 7. The van der Waals surface area contributed by atoms with Crippen molar-refractivity contribution in [3.8, 4) is 0 Å². The van der Waals surface area contributed by atoms with Gasteiger partial charge in [0.25, 0.3) is 5.91 Å². The van der Waals surface area contributed by atoms with Gasteiger partial charge in [0.1, 0.15) is 6.61 Å². The summed E-state index contributed by atoms with van der Waals surface area (Å²) in [6, 6.07) is 6.96. The van der Waals surface area contributed by atoms with Crippen molar-refractivity contribution in [3.63, 3.8) is 0 Å². The number of nitrogens with one attached hydrogen (secondary N) is 1. The highest BCUT2D eigenvalue weighted by Crippen LogP contribution is 2.13. The van der Waals surface area contributed by atoms with Gasteiger partial charge >= 0.3 is 0 Å². The van der Waals surface area contributed by atoms with Crippen molar-refractivity contribution in [2.24, 2.45) is 0 Å². The van der Waals surface area contributed by atoms with Gasteiger partial charge in [-0.05, 0) is 45.9 Å². The zero-order chi connectivity index (χ0) is 15.8. The second kappa shape index (κ2) is 8.42. The standard InChI is InChI=1S/C16H24N2O3/c1-5-18(6-2)16(20)13-8-7-9-14(10-13)17-15(19)11-21-12(3)4/h7-10,12H,5-6,11H2,1-4H3,(H,17,19). The molecule has 0 bridgehead atoms. The fraction of sp³-hybridized carbons (Fsp3) is 0.500. The third-order valence-corrected chi connectivity index (χ3v) is 2.99. The summed E-state index contributed by atoms with van der Waals surface area (Å²) < 4.78 is 5.24. The molecule has 0 spiro atoms. The van der Waals surface area contributed by atoms with Crippen LogP contribution < -0.4 is 5.32 Å². The lowest BCUT2D eigenvalue weighted by atomic mass is 10.1. The van der Waals surface area contributed by atoms with Gasteiger partial charge in [-0.1, -0.05) is 6.07 Å².